The molecule has 2 rings (SSSR count). The average molecular weight is 320 g/mol. The van der Waals surface area contributed by atoms with Crippen molar-refractivity contribution < 1.29 is 31.4 Å². The molecule has 0 saturated heterocycles. The van der Waals surface area contributed by atoms with Crippen molar-refractivity contribution in [2.24, 2.45) is 0 Å². The molecular formula is C15H10F6O. The minimum Gasteiger partial charge on any atom is -0.384 e. The molecule has 0 aliphatic rings. The van der Waals surface area contributed by atoms with Crippen LogP contribution in [-0.2, 0) is 12.4 Å². The lowest BCUT2D eigenvalue weighted by Crippen LogP contribution is -2.08. The standard InChI is InChI=1S/C15H10F6O/c16-14(17,18)11-6-4-9(5-7-11)13(22)10-2-1-3-12(8-10)15(19,20)21/h1-8,13,22H/t13-/m0/s1. The molecule has 1 atom stereocenters. The first-order valence-electron chi connectivity index (χ1n) is 6.11. The first kappa shape index (κ1) is 16.4. The number of alkyl halides is 6. The van der Waals surface area contributed by atoms with Gasteiger partial charge in [-0.05, 0) is 35.4 Å². The van der Waals surface area contributed by atoms with Crippen LogP contribution in [-0.4, -0.2) is 5.11 Å². The van der Waals surface area contributed by atoms with Gasteiger partial charge in [-0.25, -0.2) is 0 Å². The largest absolute Gasteiger partial charge is 0.416 e. The van der Waals surface area contributed by atoms with Crippen molar-refractivity contribution in [1.82, 2.24) is 0 Å². The highest BCUT2D eigenvalue weighted by atomic mass is 19.4. The van der Waals surface area contributed by atoms with Gasteiger partial charge in [0.15, 0.2) is 0 Å². The van der Waals surface area contributed by atoms with Gasteiger partial charge in [-0.2, -0.15) is 26.3 Å². The highest BCUT2D eigenvalue weighted by Crippen LogP contribution is 2.33. The molecule has 0 aliphatic carbocycles. The maximum atomic E-state index is 12.6. The molecule has 0 aliphatic heterocycles. The predicted octanol–water partition coefficient (Wildman–Crippen LogP) is 4.81. The molecule has 2 aromatic carbocycles. The van der Waals surface area contributed by atoms with Crippen LogP contribution in [0.1, 0.15) is 28.4 Å². The molecule has 0 unspecified atom stereocenters. The molecule has 0 spiro atoms. The summed E-state index contributed by atoms with van der Waals surface area (Å²) in [6.45, 7) is 0. The molecular weight excluding hydrogens is 310 g/mol. The van der Waals surface area contributed by atoms with Crippen LogP contribution in [0.2, 0.25) is 0 Å². The fourth-order valence-corrected chi connectivity index (χ4v) is 1.93. The van der Waals surface area contributed by atoms with Crippen LogP contribution < -0.4 is 0 Å². The highest BCUT2D eigenvalue weighted by Gasteiger charge is 2.32. The van der Waals surface area contributed by atoms with E-state index < -0.39 is 29.6 Å². The molecule has 0 bridgehead atoms. The Morgan fingerprint density at radius 1 is 0.682 bits per heavy atom. The van der Waals surface area contributed by atoms with Crippen molar-refractivity contribution in [3.05, 3.63) is 70.8 Å². The van der Waals surface area contributed by atoms with Crippen molar-refractivity contribution in [3.8, 4) is 0 Å². The summed E-state index contributed by atoms with van der Waals surface area (Å²) in [5.41, 5.74) is -1.80. The van der Waals surface area contributed by atoms with Crippen molar-refractivity contribution in [2.45, 2.75) is 18.5 Å². The predicted molar refractivity (Wildman–Crippen MR) is 66.9 cm³/mol. The molecule has 0 heterocycles. The van der Waals surface area contributed by atoms with E-state index in [1.807, 2.05) is 0 Å². The highest BCUT2D eigenvalue weighted by molar-refractivity contribution is 5.35. The van der Waals surface area contributed by atoms with Crippen molar-refractivity contribution in [2.75, 3.05) is 0 Å². The van der Waals surface area contributed by atoms with E-state index in [2.05, 4.69) is 0 Å². The zero-order valence-electron chi connectivity index (χ0n) is 10.9. The molecule has 0 radical (unpaired) electrons. The Hall–Kier alpha value is -2.02. The molecule has 0 fully saturated rings. The Labute approximate surface area is 121 Å². The Morgan fingerprint density at radius 2 is 1.23 bits per heavy atom. The lowest BCUT2D eigenvalue weighted by Gasteiger charge is -2.15. The summed E-state index contributed by atoms with van der Waals surface area (Å²) in [4.78, 5) is 0. The van der Waals surface area contributed by atoms with E-state index in [1.165, 1.54) is 6.07 Å². The second kappa shape index (κ2) is 5.64. The number of aliphatic hydroxyl groups excluding tert-OH is 1. The van der Waals surface area contributed by atoms with Gasteiger partial charge in [-0.3, -0.25) is 0 Å². The van der Waals surface area contributed by atoms with Gasteiger partial charge < -0.3 is 5.11 Å². The van der Waals surface area contributed by atoms with E-state index in [0.717, 1.165) is 42.5 Å². The van der Waals surface area contributed by atoms with Gasteiger partial charge in [0.25, 0.3) is 0 Å². The fraction of sp³-hybridized carbons (Fsp3) is 0.200. The molecule has 0 aromatic heterocycles. The van der Waals surface area contributed by atoms with Gasteiger partial charge in [0, 0.05) is 0 Å². The molecule has 7 heteroatoms. The number of aliphatic hydroxyl groups is 1. The number of benzene rings is 2. The quantitative estimate of drug-likeness (QED) is 0.788. The van der Waals surface area contributed by atoms with Crippen LogP contribution in [0.5, 0.6) is 0 Å². The summed E-state index contributed by atoms with van der Waals surface area (Å²) in [5.74, 6) is 0. The van der Waals surface area contributed by atoms with Gasteiger partial charge in [0.05, 0.1) is 11.1 Å². The lowest BCUT2D eigenvalue weighted by atomic mass is 9.98. The van der Waals surface area contributed by atoms with Gasteiger partial charge >= 0.3 is 12.4 Å². The van der Waals surface area contributed by atoms with Crippen LogP contribution >= 0.6 is 0 Å². The average Bonchev–Trinajstić information content (AvgIpc) is 2.45. The second-order valence-electron chi connectivity index (χ2n) is 4.65. The van der Waals surface area contributed by atoms with E-state index in [-0.39, 0.29) is 11.1 Å². The Balaban J connectivity index is 2.30. The molecule has 1 N–H and O–H groups in total. The van der Waals surface area contributed by atoms with E-state index >= 15 is 0 Å². The van der Waals surface area contributed by atoms with Gasteiger partial charge in [0.2, 0.25) is 0 Å². The lowest BCUT2D eigenvalue weighted by molar-refractivity contribution is -0.138. The molecule has 0 saturated carbocycles. The first-order valence-corrected chi connectivity index (χ1v) is 6.11. The summed E-state index contributed by atoms with van der Waals surface area (Å²) in [6.07, 6.45) is -10.5. The number of rotatable bonds is 2. The summed E-state index contributed by atoms with van der Waals surface area (Å²) >= 11 is 0. The third-order valence-corrected chi connectivity index (χ3v) is 3.08. The normalized spacial score (nSPS) is 14.0. The van der Waals surface area contributed by atoms with Gasteiger partial charge in [-0.15, -0.1) is 0 Å². The van der Waals surface area contributed by atoms with Crippen molar-refractivity contribution in [3.63, 3.8) is 0 Å². The van der Waals surface area contributed by atoms with Crippen LogP contribution in [0.15, 0.2) is 48.5 Å². The van der Waals surface area contributed by atoms with Gasteiger partial charge in [0.1, 0.15) is 6.10 Å². The molecule has 1 nitrogen and oxygen atoms in total. The summed E-state index contributed by atoms with van der Waals surface area (Å²) in [7, 11) is 0. The number of halogens is 6. The fourth-order valence-electron chi connectivity index (χ4n) is 1.93. The minimum atomic E-state index is -4.56. The number of hydrogen-bond donors (Lipinski definition) is 1. The number of hydrogen-bond acceptors (Lipinski definition) is 1. The van der Waals surface area contributed by atoms with E-state index in [4.69, 9.17) is 0 Å². The Bertz CT molecular complexity index is 642. The summed E-state index contributed by atoms with van der Waals surface area (Å²) in [5, 5.41) is 10.0. The molecule has 2 aromatic rings. The Kier molecular flexibility index (Phi) is 4.19. The Morgan fingerprint density at radius 3 is 1.73 bits per heavy atom. The first-order chi connectivity index (χ1) is 10.1. The van der Waals surface area contributed by atoms with E-state index in [1.54, 1.807) is 0 Å². The molecule has 22 heavy (non-hydrogen) atoms. The van der Waals surface area contributed by atoms with E-state index in [9.17, 15) is 31.4 Å². The third-order valence-electron chi connectivity index (χ3n) is 3.08. The van der Waals surface area contributed by atoms with E-state index in [0.29, 0.717) is 0 Å². The molecule has 0 amide bonds. The zero-order chi connectivity index (χ0) is 16.5. The summed E-state index contributed by atoms with van der Waals surface area (Å²) in [6, 6.07) is 7.63. The minimum absolute atomic E-state index is 0.0467. The van der Waals surface area contributed by atoms with Crippen LogP contribution in [0, 0.1) is 0 Å². The topological polar surface area (TPSA) is 20.2 Å². The smallest absolute Gasteiger partial charge is 0.384 e. The maximum absolute atomic E-state index is 12.6. The zero-order valence-corrected chi connectivity index (χ0v) is 10.9. The summed E-state index contributed by atoms with van der Waals surface area (Å²) < 4.78 is 75.2. The molecule has 118 valence electrons. The van der Waals surface area contributed by atoms with Gasteiger partial charge in [-0.1, -0.05) is 24.3 Å². The third kappa shape index (κ3) is 3.59. The second-order valence-corrected chi connectivity index (χ2v) is 4.65. The monoisotopic (exact) mass is 320 g/mol. The van der Waals surface area contributed by atoms with Crippen molar-refractivity contribution >= 4 is 0 Å². The SMILES string of the molecule is O[C@@H](c1ccc(C(F)(F)F)cc1)c1cccc(C(F)(F)F)c1. The maximum Gasteiger partial charge on any atom is 0.416 e. The van der Waals surface area contributed by atoms with Crippen molar-refractivity contribution in [1.29, 1.82) is 0 Å². The van der Waals surface area contributed by atoms with Crippen LogP contribution in [0.3, 0.4) is 0 Å². The van der Waals surface area contributed by atoms with Crippen LogP contribution in [0.4, 0.5) is 26.3 Å². The van der Waals surface area contributed by atoms with Crippen LogP contribution in [0.25, 0.3) is 0 Å².